The van der Waals surface area contributed by atoms with E-state index in [0.29, 0.717) is 0 Å². The third kappa shape index (κ3) is 4.78. The van der Waals surface area contributed by atoms with E-state index in [1.54, 1.807) is 39.2 Å². The smallest absolute Gasteiger partial charge is 0.379 e. The number of esters is 2. The zero-order valence-electron chi connectivity index (χ0n) is 16.1. The normalized spacial score (nSPS) is 11.2. The molecule has 0 radical (unpaired) electrons. The highest BCUT2D eigenvalue weighted by molar-refractivity contribution is 6.52. The third-order valence-corrected chi connectivity index (χ3v) is 4.25. The number of Topliss-reactive ketones (excluding diaryl/α,β-unsaturated/α-hetero) is 1. The van der Waals surface area contributed by atoms with Gasteiger partial charge < -0.3 is 18.9 Å². The van der Waals surface area contributed by atoms with Crippen LogP contribution in [0.25, 0.3) is 16.8 Å². The first-order chi connectivity index (χ1) is 13.7. The minimum atomic E-state index is -1.11. The van der Waals surface area contributed by atoms with E-state index in [1.807, 2.05) is 0 Å². The molecule has 0 saturated carbocycles. The molecule has 0 aliphatic rings. The molecule has 0 amide bonds. The maximum absolute atomic E-state index is 12.7. The second-order valence-corrected chi connectivity index (χ2v) is 6.69. The monoisotopic (exact) mass is 440 g/mol. The van der Waals surface area contributed by atoms with Crippen molar-refractivity contribution in [3.8, 4) is 11.3 Å². The van der Waals surface area contributed by atoms with E-state index < -0.39 is 17.7 Å². The number of hydrogen-bond donors (Lipinski definition) is 0. The third-order valence-electron chi connectivity index (χ3n) is 3.62. The Morgan fingerprint density at radius 2 is 1.83 bits per heavy atom. The summed E-state index contributed by atoms with van der Waals surface area (Å²) in [6, 6.07) is 4.73. The summed E-state index contributed by atoms with van der Waals surface area (Å²) < 4.78 is 14.9. The predicted octanol–water partition coefficient (Wildman–Crippen LogP) is 3.47. The van der Waals surface area contributed by atoms with Crippen LogP contribution in [0.2, 0.25) is 10.0 Å². The van der Waals surface area contributed by atoms with Gasteiger partial charge in [0.05, 0.1) is 29.3 Å². The van der Waals surface area contributed by atoms with Crippen LogP contribution >= 0.6 is 23.2 Å². The Morgan fingerprint density at radius 3 is 2.34 bits per heavy atom. The molecule has 29 heavy (non-hydrogen) atoms. The lowest BCUT2D eigenvalue weighted by Gasteiger charge is -2.10. The van der Waals surface area contributed by atoms with Gasteiger partial charge in [-0.3, -0.25) is 4.79 Å². The van der Waals surface area contributed by atoms with Gasteiger partial charge in [0.25, 0.3) is 5.78 Å². The van der Waals surface area contributed by atoms with Crippen molar-refractivity contribution in [2.75, 3.05) is 27.8 Å². The predicted molar refractivity (Wildman–Crippen MR) is 107 cm³/mol. The largest absolute Gasteiger partial charge is 0.465 e. The van der Waals surface area contributed by atoms with Crippen LogP contribution in [0.3, 0.4) is 0 Å². The fraction of sp³-hybridized carbons (Fsp3) is 0.263. The molecular formula is C19H18Cl2N2O6. The maximum atomic E-state index is 12.7. The van der Waals surface area contributed by atoms with Gasteiger partial charge in [0.2, 0.25) is 0 Å². The van der Waals surface area contributed by atoms with Crippen molar-refractivity contribution in [1.29, 1.82) is 0 Å². The van der Waals surface area contributed by atoms with Crippen LogP contribution in [0.5, 0.6) is 0 Å². The number of halogens is 2. The molecule has 10 heteroatoms. The lowest BCUT2D eigenvalue weighted by atomic mass is 10.0. The summed E-state index contributed by atoms with van der Waals surface area (Å²) in [5, 5.41) is 4.30. The van der Waals surface area contributed by atoms with Crippen molar-refractivity contribution in [2.24, 2.45) is 0 Å². The first kappa shape index (κ1) is 22.4. The van der Waals surface area contributed by atoms with E-state index in [0.717, 1.165) is 7.11 Å². The standard InChI is InChI=1S/C19H18Cl2N2O6/c1-5-28-19(26)16(24)10(9-23(2)3)17-14(18(25)27-4)15(22-29-17)13-11(20)7-6-8-12(13)21/h6-9H,5H2,1-4H3/b10-9+. The molecule has 0 fully saturated rings. The van der Waals surface area contributed by atoms with Gasteiger partial charge >= 0.3 is 11.9 Å². The summed E-state index contributed by atoms with van der Waals surface area (Å²) in [5.74, 6) is -3.24. The summed E-state index contributed by atoms with van der Waals surface area (Å²) in [4.78, 5) is 38.7. The van der Waals surface area contributed by atoms with Crippen molar-refractivity contribution < 1.29 is 28.4 Å². The molecular weight excluding hydrogens is 423 g/mol. The number of methoxy groups -OCH3 is 1. The molecule has 1 aromatic heterocycles. The van der Waals surface area contributed by atoms with Crippen molar-refractivity contribution in [3.63, 3.8) is 0 Å². The number of carbonyl (C=O) groups excluding carboxylic acids is 3. The molecule has 1 heterocycles. The van der Waals surface area contributed by atoms with E-state index in [2.05, 4.69) is 5.16 Å². The summed E-state index contributed by atoms with van der Waals surface area (Å²) in [5.41, 5.74) is -0.244. The van der Waals surface area contributed by atoms with Crippen molar-refractivity contribution in [1.82, 2.24) is 10.1 Å². The first-order valence-corrected chi connectivity index (χ1v) is 9.10. The molecule has 0 spiro atoms. The van der Waals surface area contributed by atoms with E-state index in [-0.39, 0.29) is 44.8 Å². The fourth-order valence-corrected chi connectivity index (χ4v) is 3.02. The van der Waals surface area contributed by atoms with E-state index in [1.165, 1.54) is 11.1 Å². The molecule has 0 N–H and O–H groups in total. The second-order valence-electron chi connectivity index (χ2n) is 5.88. The van der Waals surface area contributed by atoms with Gasteiger partial charge in [0.1, 0.15) is 11.3 Å². The number of ether oxygens (including phenoxy) is 2. The van der Waals surface area contributed by atoms with Crippen LogP contribution in [0.15, 0.2) is 28.9 Å². The Bertz CT molecular complexity index is 961. The molecule has 0 bridgehead atoms. The molecule has 2 rings (SSSR count). The number of carbonyl (C=O) groups is 3. The van der Waals surface area contributed by atoms with Gasteiger partial charge in [-0.2, -0.15) is 0 Å². The number of benzene rings is 1. The van der Waals surface area contributed by atoms with Crippen LogP contribution in [0.1, 0.15) is 23.0 Å². The Morgan fingerprint density at radius 1 is 1.21 bits per heavy atom. The fourth-order valence-electron chi connectivity index (χ4n) is 2.45. The molecule has 0 unspecified atom stereocenters. The average Bonchev–Trinajstić information content (AvgIpc) is 3.09. The van der Waals surface area contributed by atoms with Crippen molar-refractivity contribution in [3.05, 3.63) is 45.8 Å². The lowest BCUT2D eigenvalue weighted by Crippen LogP contribution is -2.21. The quantitative estimate of drug-likeness (QED) is 0.366. The molecule has 8 nitrogen and oxygen atoms in total. The van der Waals surface area contributed by atoms with Crippen molar-refractivity contribution >= 4 is 46.5 Å². The Balaban J connectivity index is 2.77. The Labute approximate surface area is 176 Å². The van der Waals surface area contributed by atoms with Crippen LogP contribution in [0, 0.1) is 0 Å². The summed E-state index contributed by atoms with van der Waals surface area (Å²) in [6.45, 7) is 1.56. The summed E-state index contributed by atoms with van der Waals surface area (Å²) >= 11 is 12.5. The highest BCUT2D eigenvalue weighted by Crippen LogP contribution is 2.38. The van der Waals surface area contributed by atoms with Crippen LogP contribution in [-0.4, -0.2) is 55.6 Å². The van der Waals surface area contributed by atoms with Crippen molar-refractivity contribution in [2.45, 2.75) is 6.92 Å². The maximum Gasteiger partial charge on any atom is 0.379 e. The zero-order valence-corrected chi connectivity index (χ0v) is 17.6. The molecule has 0 saturated heterocycles. The van der Waals surface area contributed by atoms with Gasteiger partial charge in [0, 0.05) is 25.9 Å². The molecule has 0 atom stereocenters. The van der Waals surface area contributed by atoms with Crippen LogP contribution in [-0.2, 0) is 19.1 Å². The van der Waals surface area contributed by atoms with E-state index in [4.69, 9.17) is 37.2 Å². The zero-order chi connectivity index (χ0) is 21.7. The molecule has 0 aliphatic carbocycles. The minimum absolute atomic E-state index is 0.000558. The molecule has 0 aliphatic heterocycles. The van der Waals surface area contributed by atoms with Gasteiger partial charge in [-0.15, -0.1) is 0 Å². The topological polar surface area (TPSA) is 98.9 Å². The molecule has 2 aromatic rings. The lowest BCUT2D eigenvalue weighted by molar-refractivity contribution is -0.151. The Kier molecular flexibility index (Phi) is 7.41. The number of nitrogens with zero attached hydrogens (tertiary/aromatic N) is 2. The Hall–Kier alpha value is -2.84. The van der Waals surface area contributed by atoms with Gasteiger partial charge in [-0.1, -0.05) is 34.4 Å². The minimum Gasteiger partial charge on any atom is -0.465 e. The van der Waals surface area contributed by atoms with Gasteiger partial charge in [-0.05, 0) is 19.1 Å². The van der Waals surface area contributed by atoms with Crippen LogP contribution in [0.4, 0.5) is 0 Å². The summed E-state index contributed by atoms with van der Waals surface area (Å²) in [6.07, 6.45) is 1.31. The molecule has 1 aromatic carbocycles. The second kappa shape index (κ2) is 9.58. The molecule has 154 valence electrons. The van der Waals surface area contributed by atoms with Crippen LogP contribution < -0.4 is 0 Å². The SMILES string of the molecule is CCOC(=O)C(=O)/C(=C\N(C)C)c1onc(-c2c(Cl)cccc2Cl)c1C(=O)OC. The van der Waals surface area contributed by atoms with E-state index in [9.17, 15) is 14.4 Å². The number of hydrogen-bond acceptors (Lipinski definition) is 8. The van der Waals surface area contributed by atoms with E-state index >= 15 is 0 Å². The summed E-state index contributed by atoms with van der Waals surface area (Å²) in [7, 11) is 4.40. The average molecular weight is 441 g/mol. The van der Waals surface area contributed by atoms with Gasteiger partial charge in [0.15, 0.2) is 5.76 Å². The van der Waals surface area contributed by atoms with Gasteiger partial charge in [-0.25, -0.2) is 9.59 Å². The first-order valence-electron chi connectivity index (χ1n) is 8.35. The number of aromatic nitrogens is 1. The highest BCUT2D eigenvalue weighted by Gasteiger charge is 2.34. The number of rotatable bonds is 7. The highest BCUT2D eigenvalue weighted by atomic mass is 35.5. The number of ketones is 1.